The molecule has 126 valence electrons. The van der Waals surface area contributed by atoms with E-state index in [0.717, 1.165) is 42.3 Å². The minimum Gasteiger partial charge on any atom is -0.366 e. The van der Waals surface area contributed by atoms with Gasteiger partial charge < -0.3 is 10.6 Å². The van der Waals surface area contributed by atoms with Crippen molar-refractivity contribution in [2.45, 2.75) is 18.9 Å². The van der Waals surface area contributed by atoms with Crippen molar-refractivity contribution in [3.63, 3.8) is 0 Å². The molecule has 4 heterocycles. The molecule has 0 amide bonds. The van der Waals surface area contributed by atoms with E-state index in [1.807, 2.05) is 36.4 Å². The molecule has 1 atom stereocenters. The molecule has 25 heavy (non-hydrogen) atoms. The summed E-state index contributed by atoms with van der Waals surface area (Å²) in [6.45, 7) is 2.03. The van der Waals surface area contributed by atoms with Gasteiger partial charge in [0.05, 0.1) is 11.4 Å². The Morgan fingerprint density at radius 2 is 2.04 bits per heavy atom. The summed E-state index contributed by atoms with van der Waals surface area (Å²) in [7, 11) is 0. The van der Waals surface area contributed by atoms with Crippen LogP contribution >= 0.6 is 0 Å². The topological polar surface area (TPSA) is 75.6 Å². The van der Waals surface area contributed by atoms with Crippen molar-refractivity contribution in [1.29, 1.82) is 0 Å². The van der Waals surface area contributed by atoms with Crippen LogP contribution in [0.1, 0.15) is 12.8 Å². The summed E-state index contributed by atoms with van der Waals surface area (Å²) in [5.74, 6) is 1.48. The van der Waals surface area contributed by atoms with Crippen LogP contribution in [0, 0.1) is 0 Å². The van der Waals surface area contributed by atoms with Crippen molar-refractivity contribution in [2.75, 3.05) is 18.4 Å². The fourth-order valence-electron chi connectivity index (χ4n) is 2.97. The van der Waals surface area contributed by atoms with Crippen molar-refractivity contribution in [3.8, 4) is 22.8 Å². The summed E-state index contributed by atoms with van der Waals surface area (Å²) in [6, 6.07) is 12.0. The second-order valence-electron chi connectivity index (χ2n) is 6.11. The number of nitrogens with zero attached hydrogens (tertiary/aromatic N) is 4. The summed E-state index contributed by atoms with van der Waals surface area (Å²) in [5, 5.41) is 6.96. The number of hydrogen-bond acceptors (Lipinski definition) is 6. The van der Waals surface area contributed by atoms with Crippen LogP contribution in [0.3, 0.4) is 0 Å². The van der Waals surface area contributed by atoms with Crippen molar-refractivity contribution in [1.82, 2.24) is 25.3 Å². The van der Waals surface area contributed by atoms with E-state index < -0.39 is 0 Å². The van der Waals surface area contributed by atoms with Gasteiger partial charge in [0.1, 0.15) is 5.82 Å². The Morgan fingerprint density at radius 1 is 1.04 bits per heavy atom. The monoisotopic (exact) mass is 332 g/mol. The number of rotatable bonds is 4. The van der Waals surface area contributed by atoms with E-state index >= 15 is 0 Å². The maximum absolute atomic E-state index is 4.71. The summed E-state index contributed by atoms with van der Waals surface area (Å²) >= 11 is 0. The van der Waals surface area contributed by atoms with Crippen LogP contribution in [-0.2, 0) is 0 Å². The zero-order valence-corrected chi connectivity index (χ0v) is 13.9. The van der Waals surface area contributed by atoms with Crippen LogP contribution in [0.25, 0.3) is 22.8 Å². The van der Waals surface area contributed by atoms with Crippen LogP contribution in [-0.4, -0.2) is 39.1 Å². The molecule has 3 aromatic heterocycles. The van der Waals surface area contributed by atoms with E-state index in [9.17, 15) is 0 Å². The summed E-state index contributed by atoms with van der Waals surface area (Å²) in [6.07, 6.45) is 7.62. The normalized spacial score (nSPS) is 17.2. The lowest BCUT2D eigenvalue weighted by atomic mass is 10.1. The van der Waals surface area contributed by atoms with Crippen LogP contribution in [0.5, 0.6) is 0 Å². The second kappa shape index (κ2) is 7.36. The van der Waals surface area contributed by atoms with Gasteiger partial charge in [0.2, 0.25) is 0 Å². The molecule has 0 bridgehead atoms. The number of anilines is 1. The van der Waals surface area contributed by atoms with Crippen molar-refractivity contribution in [3.05, 3.63) is 55.0 Å². The molecule has 1 unspecified atom stereocenters. The average Bonchev–Trinajstić information content (AvgIpc) is 2.70. The Morgan fingerprint density at radius 3 is 2.80 bits per heavy atom. The molecule has 1 saturated heterocycles. The predicted octanol–water partition coefficient (Wildman–Crippen LogP) is 2.76. The van der Waals surface area contributed by atoms with E-state index in [1.165, 1.54) is 6.42 Å². The first-order valence-electron chi connectivity index (χ1n) is 8.56. The first-order valence-corrected chi connectivity index (χ1v) is 8.56. The third-order valence-electron chi connectivity index (χ3n) is 4.22. The number of aromatic nitrogens is 4. The predicted molar refractivity (Wildman–Crippen MR) is 98.0 cm³/mol. The Balaban J connectivity index is 1.72. The maximum atomic E-state index is 4.71. The molecule has 1 aliphatic rings. The first kappa shape index (κ1) is 15.7. The standard InChI is InChI=1S/C19H20N6/c1-2-10-22-16(7-1)17-11-18(23-15-6-4-9-21-13-15)25-19(24-17)14-5-3-8-20-12-14/h1-3,5,7-8,10-12,15,21H,4,6,9,13H2,(H,23,24,25). The molecular weight excluding hydrogens is 312 g/mol. The van der Waals surface area contributed by atoms with Gasteiger partial charge in [0.25, 0.3) is 0 Å². The van der Waals surface area contributed by atoms with Gasteiger partial charge in [-0.1, -0.05) is 6.07 Å². The molecule has 4 rings (SSSR count). The van der Waals surface area contributed by atoms with Crippen LogP contribution < -0.4 is 10.6 Å². The van der Waals surface area contributed by atoms with Gasteiger partial charge >= 0.3 is 0 Å². The lowest BCUT2D eigenvalue weighted by molar-refractivity contribution is 0.479. The minimum atomic E-state index is 0.377. The molecule has 3 aromatic rings. The molecule has 6 heteroatoms. The largest absolute Gasteiger partial charge is 0.366 e. The average molecular weight is 332 g/mol. The lowest BCUT2D eigenvalue weighted by Crippen LogP contribution is -2.38. The fraction of sp³-hybridized carbons (Fsp3) is 0.263. The smallest absolute Gasteiger partial charge is 0.163 e. The number of pyridine rings is 2. The highest BCUT2D eigenvalue weighted by molar-refractivity contribution is 5.65. The maximum Gasteiger partial charge on any atom is 0.163 e. The van der Waals surface area contributed by atoms with Gasteiger partial charge in [0, 0.05) is 42.8 Å². The SMILES string of the molecule is c1ccc(-c2cc(NC3CCCNC3)nc(-c3cccnc3)n2)nc1. The molecule has 0 spiro atoms. The molecule has 1 aliphatic heterocycles. The van der Waals surface area contributed by atoms with Gasteiger partial charge in [0.15, 0.2) is 5.82 Å². The van der Waals surface area contributed by atoms with Crippen LogP contribution in [0.15, 0.2) is 55.0 Å². The van der Waals surface area contributed by atoms with E-state index in [2.05, 4.69) is 20.6 Å². The van der Waals surface area contributed by atoms with Crippen LogP contribution in [0.2, 0.25) is 0 Å². The highest BCUT2D eigenvalue weighted by Gasteiger charge is 2.15. The third-order valence-corrected chi connectivity index (χ3v) is 4.22. The summed E-state index contributed by atoms with van der Waals surface area (Å²) in [4.78, 5) is 18.0. The summed E-state index contributed by atoms with van der Waals surface area (Å²) < 4.78 is 0. The van der Waals surface area contributed by atoms with E-state index in [0.29, 0.717) is 11.9 Å². The van der Waals surface area contributed by atoms with Gasteiger partial charge in [-0.05, 0) is 43.7 Å². The van der Waals surface area contributed by atoms with E-state index in [4.69, 9.17) is 9.97 Å². The molecule has 0 saturated carbocycles. The lowest BCUT2D eigenvalue weighted by Gasteiger charge is -2.24. The Bertz CT molecular complexity index is 758. The van der Waals surface area contributed by atoms with Gasteiger partial charge in [-0.3, -0.25) is 9.97 Å². The highest BCUT2D eigenvalue weighted by atomic mass is 15.1. The quantitative estimate of drug-likeness (QED) is 0.765. The molecule has 0 aliphatic carbocycles. The zero-order chi connectivity index (χ0) is 16.9. The molecule has 2 N–H and O–H groups in total. The van der Waals surface area contributed by atoms with Gasteiger partial charge in [-0.15, -0.1) is 0 Å². The van der Waals surface area contributed by atoms with Crippen molar-refractivity contribution < 1.29 is 0 Å². The molecular formula is C19H20N6. The zero-order valence-electron chi connectivity index (χ0n) is 13.9. The molecule has 1 fully saturated rings. The molecule has 6 nitrogen and oxygen atoms in total. The number of piperidine rings is 1. The third kappa shape index (κ3) is 3.80. The van der Waals surface area contributed by atoms with Gasteiger partial charge in [-0.2, -0.15) is 0 Å². The highest BCUT2D eigenvalue weighted by Crippen LogP contribution is 2.23. The Kier molecular flexibility index (Phi) is 4.61. The number of nitrogens with one attached hydrogen (secondary N) is 2. The van der Waals surface area contributed by atoms with Gasteiger partial charge in [-0.25, -0.2) is 9.97 Å². The molecule has 0 aromatic carbocycles. The molecule has 0 radical (unpaired) electrons. The Hall–Kier alpha value is -2.86. The minimum absolute atomic E-state index is 0.377. The van der Waals surface area contributed by atoms with E-state index in [-0.39, 0.29) is 0 Å². The second-order valence-corrected chi connectivity index (χ2v) is 6.11. The first-order chi connectivity index (χ1) is 12.4. The summed E-state index contributed by atoms with van der Waals surface area (Å²) in [5.41, 5.74) is 2.53. The van der Waals surface area contributed by atoms with Crippen molar-refractivity contribution in [2.24, 2.45) is 0 Å². The number of hydrogen-bond donors (Lipinski definition) is 2. The Labute approximate surface area is 146 Å². The van der Waals surface area contributed by atoms with Crippen LogP contribution in [0.4, 0.5) is 5.82 Å². The fourth-order valence-corrected chi connectivity index (χ4v) is 2.97. The van der Waals surface area contributed by atoms with E-state index in [1.54, 1.807) is 18.6 Å². The van der Waals surface area contributed by atoms with Crippen molar-refractivity contribution >= 4 is 5.82 Å².